The number of carbonyl (C=O) groups excluding carboxylic acids is 14. The number of carboxylic acids is 1. The molecule has 0 radical (unpaired) electrons. The molecule has 3 unspecified atom stereocenters. The van der Waals surface area contributed by atoms with Crippen molar-refractivity contribution in [1.29, 1.82) is 0 Å². The lowest BCUT2D eigenvalue weighted by Crippen LogP contribution is -2.54. The number of nitrogens with zero attached hydrogens (tertiary/aromatic N) is 3. The number of hydrogen-bond acceptors (Lipinski definition) is 26. The van der Waals surface area contributed by atoms with Gasteiger partial charge in [0.05, 0.1) is 132 Å². The summed E-state index contributed by atoms with van der Waals surface area (Å²) >= 11 is 0. The monoisotopic (exact) mass is 1430 g/mol. The van der Waals surface area contributed by atoms with Gasteiger partial charge in [0.15, 0.2) is 0 Å². The minimum Gasteiger partial charge on any atom is -0.481 e. The number of halogens is 1. The number of aliphatic carboxylic acids is 1. The maximum absolute atomic E-state index is 13.2. The molecule has 8 N–H and O–H groups in total. The number of imide groups is 6. The van der Waals surface area contributed by atoms with E-state index in [1.807, 2.05) is 41.5 Å². The Morgan fingerprint density at radius 2 is 0.745 bits per heavy atom. The molecule has 33 nitrogen and oxygen atoms in total. The van der Waals surface area contributed by atoms with Crippen LogP contribution in [0.4, 0.5) is 15.8 Å². The molecule has 0 saturated carbocycles. The van der Waals surface area contributed by atoms with Gasteiger partial charge in [-0.25, -0.2) is 4.39 Å². The Labute approximate surface area is 585 Å². The predicted octanol–water partition coefficient (Wildman–Crippen LogP) is 2.21. The Bertz CT molecular complexity index is 3630. The third-order valence-corrected chi connectivity index (χ3v) is 15.0. The predicted molar refractivity (Wildman–Crippen MR) is 353 cm³/mol. The van der Waals surface area contributed by atoms with E-state index in [1.165, 1.54) is 12.1 Å². The molecular weight excluding hydrogens is 1350 g/mol. The number of hydrogen-bond donors (Lipinski definition) is 7. The Kier molecular flexibility index (Phi) is 30.9. The van der Waals surface area contributed by atoms with Crippen LogP contribution in [-0.2, 0) is 81.0 Å². The van der Waals surface area contributed by atoms with Crippen LogP contribution in [0, 0.1) is 5.82 Å². The normalized spacial score (nSPS) is 17.8. The molecule has 0 aromatic heterocycles. The Morgan fingerprint density at radius 1 is 0.441 bits per heavy atom. The fourth-order valence-electron chi connectivity index (χ4n) is 10.4. The van der Waals surface area contributed by atoms with Gasteiger partial charge in [0.1, 0.15) is 35.1 Å². The van der Waals surface area contributed by atoms with Gasteiger partial charge >= 0.3 is 17.9 Å². The van der Waals surface area contributed by atoms with E-state index in [9.17, 15) is 76.3 Å². The number of carboxylic acid groups (broad SMARTS) is 1. The molecule has 6 aliphatic rings. The number of piperidine rings is 3. The molecule has 12 amide bonds. The number of carbonyl (C=O) groups is 15. The van der Waals surface area contributed by atoms with Gasteiger partial charge in [-0.2, -0.15) is 0 Å². The lowest BCUT2D eigenvalue weighted by atomic mass is 10.0. The molecule has 0 spiro atoms. The van der Waals surface area contributed by atoms with Crippen LogP contribution < -0.4 is 32.3 Å². The molecule has 0 aliphatic carbocycles. The van der Waals surface area contributed by atoms with E-state index in [1.54, 1.807) is 30.3 Å². The van der Waals surface area contributed by atoms with Crippen LogP contribution in [-0.4, -0.2) is 237 Å². The lowest BCUT2D eigenvalue weighted by molar-refractivity contribution is -0.157. The summed E-state index contributed by atoms with van der Waals surface area (Å²) in [5, 5.41) is 21.1. The summed E-state index contributed by atoms with van der Waals surface area (Å²) in [5.74, 6) is -8.88. The van der Waals surface area contributed by atoms with E-state index in [4.69, 9.17) is 48.7 Å². The van der Waals surface area contributed by atoms with E-state index in [2.05, 4.69) is 26.6 Å². The van der Waals surface area contributed by atoms with E-state index in [0.29, 0.717) is 97.1 Å². The highest BCUT2D eigenvalue weighted by molar-refractivity contribution is 6.25. The SMILES string of the molecule is CC(C)(C)OC(=O)CCOCCOCCN.CC(C)(C)OC(=O)CCOCCOCCNc1ccc2c(c1)C(=O)N(C1CCC(=O)NC1=O)C2=O.O=C(O)CCOCCOCCNc1ccc2c(c1)C(=O)N(C1CCC(=O)NC1=O)C2=O.O=C1CCC(N2C(=O)c3ccc(F)cc3C2=O)C(=O)N1. The highest BCUT2D eigenvalue weighted by atomic mass is 19.1. The van der Waals surface area contributed by atoms with Gasteiger partial charge < -0.3 is 59.4 Å². The highest BCUT2D eigenvalue weighted by Crippen LogP contribution is 2.32. The summed E-state index contributed by atoms with van der Waals surface area (Å²) < 4.78 is 55.1. The summed E-state index contributed by atoms with van der Waals surface area (Å²) in [4.78, 5) is 181. The topological polar surface area (TPSA) is 446 Å². The standard InChI is InChI=1S/C24H31N3O8.C20H23N3O8.C13H9FN2O4.C11H23NO4/c1-24(2,3)35-20(29)8-10-33-12-13-34-11-9-25-15-4-5-16-17(14-15)23(32)27(22(16)31)18-6-7-19(28)26-21(18)30;24-16-4-3-15(18(27)22-16)23-19(28)13-2-1-12(11-14(13)20(23)29)21-6-8-31-10-9-30-7-5-17(25)26;14-6-1-2-7-8(5-6)13(20)16(12(7)19)9-3-4-10(17)15-11(9)18;1-11(2,3)16-10(13)4-6-14-8-9-15-7-5-12/h4-5,14,18,25H,6-13H2,1-3H3,(H,26,28,30);1-2,11,15,21H,3-10H2,(H,25,26)(H,22,24,27);1-2,5,9H,3-4H2,(H,15,17,18);4-9,12H2,1-3H3. The van der Waals surface area contributed by atoms with E-state index in [0.717, 1.165) is 26.8 Å². The molecular formula is C68H86FN9O24. The first-order valence-corrected chi connectivity index (χ1v) is 32.9. The first-order chi connectivity index (χ1) is 48.4. The highest BCUT2D eigenvalue weighted by Gasteiger charge is 2.47. The Balaban J connectivity index is 0.000000223. The molecule has 3 atom stereocenters. The van der Waals surface area contributed by atoms with Gasteiger partial charge in [-0.15, -0.1) is 0 Å². The maximum atomic E-state index is 13.2. The zero-order valence-electron chi connectivity index (χ0n) is 57.5. The Hall–Kier alpha value is -9.84. The first-order valence-electron chi connectivity index (χ1n) is 32.9. The van der Waals surface area contributed by atoms with Gasteiger partial charge in [0.2, 0.25) is 35.4 Å². The van der Waals surface area contributed by atoms with Crippen LogP contribution in [0.5, 0.6) is 0 Å². The summed E-state index contributed by atoms with van der Waals surface area (Å²) in [6.45, 7) is 16.7. The van der Waals surface area contributed by atoms with Crippen molar-refractivity contribution in [3.05, 3.63) is 93.8 Å². The van der Waals surface area contributed by atoms with Gasteiger partial charge in [-0.1, -0.05) is 0 Å². The Morgan fingerprint density at radius 3 is 1.07 bits per heavy atom. The average Bonchev–Trinajstić information content (AvgIpc) is 1.63. The van der Waals surface area contributed by atoms with Crippen molar-refractivity contribution in [2.45, 2.75) is 129 Å². The maximum Gasteiger partial charge on any atom is 0.308 e. The van der Waals surface area contributed by atoms with Gasteiger partial charge in [0.25, 0.3) is 35.4 Å². The molecule has 34 heteroatoms. The van der Waals surface area contributed by atoms with Crippen molar-refractivity contribution in [1.82, 2.24) is 30.7 Å². The van der Waals surface area contributed by atoms with Crippen molar-refractivity contribution in [3.63, 3.8) is 0 Å². The third-order valence-electron chi connectivity index (χ3n) is 15.0. The van der Waals surface area contributed by atoms with Gasteiger partial charge in [-0.05, 0) is 115 Å². The van der Waals surface area contributed by atoms with E-state index in [-0.39, 0.29) is 116 Å². The van der Waals surface area contributed by atoms with Crippen LogP contribution in [0.3, 0.4) is 0 Å². The quantitative estimate of drug-likeness (QED) is 0.0276. The summed E-state index contributed by atoms with van der Waals surface area (Å²) in [7, 11) is 0. The minimum absolute atomic E-state index is 0.0535. The summed E-state index contributed by atoms with van der Waals surface area (Å²) in [5.41, 5.74) is 6.42. The van der Waals surface area contributed by atoms with Crippen molar-refractivity contribution in [2.24, 2.45) is 5.73 Å². The van der Waals surface area contributed by atoms with Crippen molar-refractivity contribution in [3.8, 4) is 0 Å². The molecule has 0 bridgehead atoms. The second kappa shape index (κ2) is 38.8. The van der Waals surface area contributed by atoms with Crippen LogP contribution in [0.15, 0.2) is 54.6 Å². The number of fused-ring (bicyclic) bond motifs is 3. The summed E-state index contributed by atoms with van der Waals surface area (Å²) in [6.07, 6.45) is 0.904. The van der Waals surface area contributed by atoms with Crippen LogP contribution in [0.2, 0.25) is 0 Å². The molecule has 6 heterocycles. The van der Waals surface area contributed by atoms with Crippen molar-refractivity contribution < 1.29 is 119 Å². The van der Waals surface area contributed by atoms with Gasteiger partial charge in [0, 0.05) is 50.3 Å². The fraction of sp³-hybridized carbons (Fsp3) is 0.515. The number of nitrogens with one attached hydrogen (secondary N) is 5. The van der Waals surface area contributed by atoms with Crippen molar-refractivity contribution >= 4 is 100 Å². The molecule has 3 aromatic carbocycles. The molecule has 3 aromatic rings. The number of rotatable bonds is 31. The smallest absolute Gasteiger partial charge is 0.308 e. The minimum atomic E-state index is -1.02. The largest absolute Gasteiger partial charge is 0.481 e. The number of amides is 12. The van der Waals surface area contributed by atoms with Crippen LogP contribution in [0.1, 0.15) is 161 Å². The first kappa shape index (κ1) is 81.1. The van der Waals surface area contributed by atoms with E-state index < -0.39 is 112 Å². The third kappa shape index (κ3) is 24.5. The summed E-state index contributed by atoms with van der Waals surface area (Å²) in [6, 6.07) is 9.80. The number of ether oxygens (including phenoxy) is 8. The molecule has 3 saturated heterocycles. The number of anilines is 2. The fourth-order valence-corrected chi connectivity index (χ4v) is 10.4. The lowest BCUT2D eigenvalue weighted by Gasteiger charge is -2.27. The molecule has 9 rings (SSSR count). The second-order valence-electron chi connectivity index (χ2n) is 25.2. The second-order valence-corrected chi connectivity index (χ2v) is 25.2. The number of benzene rings is 3. The number of esters is 2. The van der Waals surface area contributed by atoms with Gasteiger partial charge in [-0.3, -0.25) is 103 Å². The van der Waals surface area contributed by atoms with Crippen molar-refractivity contribution in [2.75, 3.05) is 110 Å². The van der Waals surface area contributed by atoms with Crippen LogP contribution >= 0.6 is 0 Å². The average molecular weight is 1430 g/mol. The van der Waals surface area contributed by atoms with E-state index >= 15 is 0 Å². The number of nitrogens with two attached hydrogens (primary N) is 1. The molecule has 102 heavy (non-hydrogen) atoms. The molecule has 6 aliphatic heterocycles. The zero-order chi connectivity index (χ0) is 74.8. The molecule has 554 valence electrons. The molecule has 3 fully saturated rings. The van der Waals surface area contributed by atoms with Crippen LogP contribution in [0.25, 0.3) is 0 Å². The zero-order valence-corrected chi connectivity index (χ0v) is 57.5.